The number of carbonyl (C=O) groups excluding carboxylic acids is 1. The summed E-state index contributed by atoms with van der Waals surface area (Å²) in [4.78, 5) is 18.7. The number of amides is 2. The second-order valence-electron chi connectivity index (χ2n) is 7.55. The van der Waals surface area contributed by atoms with E-state index < -0.39 is 6.17 Å². The summed E-state index contributed by atoms with van der Waals surface area (Å²) in [5.41, 5.74) is 8.87. The molecule has 0 bridgehead atoms. The lowest BCUT2D eigenvalue weighted by Crippen LogP contribution is -2.41. The molecule has 2 heterocycles. The molecule has 1 saturated heterocycles. The predicted molar refractivity (Wildman–Crippen MR) is 108 cm³/mol. The molecule has 0 radical (unpaired) electrons. The second-order valence-corrected chi connectivity index (χ2v) is 7.55. The van der Waals surface area contributed by atoms with Crippen LogP contribution in [0.1, 0.15) is 24.0 Å². The molecule has 1 saturated carbocycles. The van der Waals surface area contributed by atoms with Gasteiger partial charge in [-0.05, 0) is 36.4 Å². The minimum Gasteiger partial charge on any atom is -0.463 e. The molecule has 1 aromatic rings. The molecule has 156 valence electrons. The fourth-order valence-electron chi connectivity index (χ4n) is 3.42. The topological polar surface area (TPSA) is 113 Å². The lowest BCUT2D eigenvalue weighted by molar-refractivity contribution is 0.136. The van der Waals surface area contributed by atoms with Crippen molar-refractivity contribution < 1.29 is 14.3 Å². The maximum atomic E-state index is 12.6. The van der Waals surface area contributed by atoms with E-state index in [0.717, 1.165) is 24.6 Å². The zero-order chi connectivity index (χ0) is 20.2. The quantitative estimate of drug-likeness (QED) is 0.456. The number of nitrogens with two attached hydrogens (primary N) is 1. The first-order valence-electron chi connectivity index (χ1n) is 9.96. The predicted octanol–water partition coefficient (Wildman–Crippen LogP) is 0.788. The van der Waals surface area contributed by atoms with Crippen LogP contribution in [0.2, 0.25) is 0 Å². The Morgan fingerprint density at radius 3 is 2.90 bits per heavy atom. The van der Waals surface area contributed by atoms with Crippen molar-refractivity contribution in [1.82, 2.24) is 20.9 Å². The summed E-state index contributed by atoms with van der Waals surface area (Å²) in [6.45, 7) is 3.11. The molecule has 2 fully saturated rings. The monoisotopic (exact) mass is 400 g/mol. The first-order valence-corrected chi connectivity index (χ1v) is 9.96. The summed E-state index contributed by atoms with van der Waals surface area (Å²) in [5.74, 6) is 1.19. The molecule has 2 amide bonds. The van der Waals surface area contributed by atoms with Crippen LogP contribution in [0, 0.1) is 5.92 Å². The molecular weight excluding hydrogens is 372 g/mol. The number of nitrogens with zero attached hydrogens (tertiary/aromatic N) is 2. The second kappa shape index (κ2) is 8.71. The molecule has 5 N–H and O–H groups in total. The number of carbonyl (C=O) groups is 1. The number of benzene rings is 1. The molecule has 4 rings (SSSR count). The van der Waals surface area contributed by atoms with Crippen molar-refractivity contribution in [3.63, 3.8) is 0 Å². The van der Waals surface area contributed by atoms with Gasteiger partial charge in [-0.1, -0.05) is 24.3 Å². The van der Waals surface area contributed by atoms with Crippen LogP contribution in [-0.4, -0.2) is 50.0 Å². The number of fused-ring (bicyclic) bond motifs is 1. The van der Waals surface area contributed by atoms with Crippen LogP contribution in [0.15, 0.2) is 40.8 Å². The molecule has 3 aliphatic rings. The smallest absolute Gasteiger partial charge is 0.324 e. The molecule has 9 nitrogen and oxygen atoms in total. The van der Waals surface area contributed by atoms with Gasteiger partial charge in [0.05, 0.1) is 6.61 Å². The normalized spacial score (nSPS) is 20.9. The number of urea groups is 1. The summed E-state index contributed by atoms with van der Waals surface area (Å²) in [6, 6.07) is 8.32. The van der Waals surface area contributed by atoms with E-state index in [9.17, 15) is 4.79 Å². The molecule has 1 aliphatic carbocycles. The molecule has 9 heteroatoms. The number of hydrogen-bond acceptors (Lipinski definition) is 7. The summed E-state index contributed by atoms with van der Waals surface area (Å²) < 4.78 is 10.5. The van der Waals surface area contributed by atoms with Gasteiger partial charge in [-0.2, -0.15) is 0 Å². The Bertz CT molecular complexity index is 820. The van der Waals surface area contributed by atoms with Crippen molar-refractivity contribution in [2.24, 2.45) is 16.6 Å². The Morgan fingerprint density at radius 2 is 2.10 bits per heavy atom. The van der Waals surface area contributed by atoms with Gasteiger partial charge in [0.1, 0.15) is 18.1 Å². The van der Waals surface area contributed by atoms with Crippen LogP contribution in [0.25, 0.3) is 0 Å². The lowest BCUT2D eigenvalue weighted by atomic mass is 10.1. The van der Waals surface area contributed by atoms with E-state index in [2.05, 4.69) is 33.1 Å². The summed E-state index contributed by atoms with van der Waals surface area (Å²) in [7, 11) is 1.60. The Hall–Kier alpha value is -2.78. The van der Waals surface area contributed by atoms with Gasteiger partial charge in [-0.15, -0.1) is 0 Å². The molecule has 1 unspecified atom stereocenters. The summed E-state index contributed by atoms with van der Waals surface area (Å²) in [5, 5.41) is 9.19. The average molecular weight is 400 g/mol. The van der Waals surface area contributed by atoms with E-state index in [1.54, 1.807) is 12.0 Å². The number of nitrogens with one attached hydrogen (secondary N) is 3. The third kappa shape index (κ3) is 4.80. The van der Waals surface area contributed by atoms with Gasteiger partial charge in [0.25, 0.3) is 6.02 Å². The number of aliphatic imine (C=N–C) groups is 1. The van der Waals surface area contributed by atoms with Crippen molar-refractivity contribution in [3.8, 4) is 0 Å². The zero-order valence-corrected chi connectivity index (χ0v) is 16.6. The van der Waals surface area contributed by atoms with E-state index in [0.29, 0.717) is 31.3 Å². The average Bonchev–Trinajstić information content (AvgIpc) is 3.47. The highest BCUT2D eigenvalue weighted by Crippen LogP contribution is 2.28. The van der Waals surface area contributed by atoms with Gasteiger partial charge < -0.3 is 25.8 Å². The molecule has 29 heavy (non-hydrogen) atoms. The van der Waals surface area contributed by atoms with Crippen LogP contribution < -0.4 is 21.7 Å². The van der Waals surface area contributed by atoms with Gasteiger partial charge in [-0.3, -0.25) is 10.2 Å². The highest BCUT2D eigenvalue weighted by Gasteiger charge is 2.39. The zero-order valence-electron chi connectivity index (χ0n) is 16.6. The summed E-state index contributed by atoms with van der Waals surface area (Å²) in [6.07, 6.45) is 2.14. The highest BCUT2D eigenvalue weighted by molar-refractivity contribution is 5.85. The molecule has 2 aliphatic heterocycles. The van der Waals surface area contributed by atoms with Gasteiger partial charge >= 0.3 is 6.03 Å². The van der Waals surface area contributed by atoms with Crippen molar-refractivity contribution in [1.29, 1.82) is 0 Å². The number of amidine groups is 1. The third-order valence-corrected chi connectivity index (χ3v) is 5.16. The van der Waals surface area contributed by atoms with Crippen molar-refractivity contribution in [2.45, 2.75) is 32.1 Å². The molecule has 0 spiro atoms. The van der Waals surface area contributed by atoms with Gasteiger partial charge in [-0.25, -0.2) is 9.79 Å². The minimum atomic E-state index is -0.530. The van der Waals surface area contributed by atoms with Crippen LogP contribution in [0.5, 0.6) is 0 Å². The molecule has 1 atom stereocenters. The van der Waals surface area contributed by atoms with E-state index in [-0.39, 0.29) is 12.1 Å². The lowest BCUT2D eigenvalue weighted by Gasteiger charge is -2.25. The van der Waals surface area contributed by atoms with E-state index in [1.165, 1.54) is 18.4 Å². The fourth-order valence-corrected chi connectivity index (χ4v) is 3.42. The third-order valence-electron chi connectivity index (χ3n) is 5.16. The van der Waals surface area contributed by atoms with Gasteiger partial charge in [0.2, 0.25) is 0 Å². The van der Waals surface area contributed by atoms with Crippen LogP contribution in [0.3, 0.4) is 0 Å². The van der Waals surface area contributed by atoms with Gasteiger partial charge in [0, 0.05) is 20.2 Å². The maximum Gasteiger partial charge on any atom is 0.324 e. The van der Waals surface area contributed by atoms with Crippen LogP contribution in [-0.2, 0) is 22.6 Å². The van der Waals surface area contributed by atoms with Crippen molar-refractivity contribution >= 4 is 12.1 Å². The SMILES string of the molecule is COCCOC1=NC2C(=C(N)N1)NC(=O)N2Cc1cccc(CNCC2CC2)c1. The van der Waals surface area contributed by atoms with E-state index >= 15 is 0 Å². The molecule has 1 aromatic carbocycles. The molecular formula is C20H28N6O3. The number of ether oxygens (including phenoxy) is 2. The number of hydrogen-bond donors (Lipinski definition) is 4. The Morgan fingerprint density at radius 1 is 1.28 bits per heavy atom. The Kier molecular flexibility index (Phi) is 5.86. The van der Waals surface area contributed by atoms with Gasteiger partial charge in [0.15, 0.2) is 6.17 Å². The largest absolute Gasteiger partial charge is 0.463 e. The van der Waals surface area contributed by atoms with Crippen molar-refractivity contribution in [2.75, 3.05) is 26.9 Å². The Labute approximate surface area is 170 Å². The van der Waals surface area contributed by atoms with E-state index in [4.69, 9.17) is 15.2 Å². The highest BCUT2D eigenvalue weighted by atomic mass is 16.5. The summed E-state index contributed by atoms with van der Waals surface area (Å²) >= 11 is 0. The number of rotatable bonds is 9. The fraction of sp³-hybridized carbons (Fsp3) is 0.500. The minimum absolute atomic E-state index is 0.228. The van der Waals surface area contributed by atoms with Crippen molar-refractivity contribution in [3.05, 3.63) is 46.9 Å². The molecule has 0 aromatic heterocycles. The van der Waals surface area contributed by atoms with Crippen LogP contribution >= 0.6 is 0 Å². The standard InChI is InChI=1S/C20H28N6O3/c1-28-7-8-29-19-24-17(21)16-18(25-19)26(20(27)23-16)12-15-4-2-3-14(9-15)11-22-10-13-5-6-13/h2-4,9,13,18,22H,5-8,10-12,21H2,1H3,(H,23,27)(H,24,25). The Balaban J connectivity index is 1.43. The van der Waals surface area contributed by atoms with Crippen LogP contribution in [0.4, 0.5) is 4.79 Å². The maximum absolute atomic E-state index is 12.6. The van der Waals surface area contributed by atoms with E-state index in [1.807, 2.05) is 12.1 Å². The number of methoxy groups -OCH3 is 1. The first kappa shape index (κ1) is 19.5. The first-order chi connectivity index (χ1) is 14.1.